The van der Waals surface area contributed by atoms with Gasteiger partial charge in [0.1, 0.15) is 5.65 Å². The summed E-state index contributed by atoms with van der Waals surface area (Å²) in [6.07, 6.45) is 1.98. The molecule has 0 aliphatic heterocycles. The first kappa shape index (κ1) is 14.9. The van der Waals surface area contributed by atoms with Crippen molar-refractivity contribution >= 4 is 23.1 Å². The number of pyridine rings is 1. The Hall–Kier alpha value is -3.02. The van der Waals surface area contributed by atoms with Gasteiger partial charge in [0.2, 0.25) is 0 Å². The third-order valence-corrected chi connectivity index (χ3v) is 3.37. The predicted molar refractivity (Wildman–Crippen MR) is 86.3 cm³/mol. The number of azo groups is 1. The van der Waals surface area contributed by atoms with Gasteiger partial charge in [0.25, 0.3) is 0 Å². The van der Waals surface area contributed by atoms with Crippen LogP contribution >= 0.6 is 0 Å². The van der Waals surface area contributed by atoms with Gasteiger partial charge in [-0.05, 0) is 30.7 Å². The van der Waals surface area contributed by atoms with E-state index in [1.54, 1.807) is 0 Å². The fourth-order valence-electron chi connectivity index (χ4n) is 2.22. The van der Waals surface area contributed by atoms with Crippen LogP contribution in [-0.4, -0.2) is 22.5 Å². The molecule has 116 valence electrons. The molecule has 0 N–H and O–H groups in total. The first-order chi connectivity index (χ1) is 11.2. The summed E-state index contributed by atoms with van der Waals surface area (Å²) in [5.41, 5.74) is 3.06. The molecule has 0 unspecified atom stereocenters. The molecule has 0 bridgehead atoms. The van der Waals surface area contributed by atoms with Crippen LogP contribution in [0.2, 0.25) is 0 Å². The standard InChI is InChI=1S/C17H16N4O2/c1-12-8-9-15-18-14(10-16(22)23-2)17(21(15)11-12)20-19-13-6-4-3-5-7-13/h3-9,11H,10H2,1-2H3. The van der Waals surface area contributed by atoms with Crippen LogP contribution in [0.1, 0.15) is 11.3 Å². The number of hydrogen-bond acceptors (Lipinski definition) is 5. The molecule has 6 heteroatoms. The van der Waals surface area contributed by atoms with E-state index < -0.39 is 0 Å². The molecule has 2 heterocycles. The summed E-state index contributed by atoms with van der Waals surface area (Å²) < 4.78 is 6.56. The van der Waals surface area contributed by atoms with Crippen LogP contribution in [-0.2, 0) is 16.0 Å². The molecular weight excluding hydrogens is 292 g/mol. The maximum atomic E-state index is 11.6. The lowest BCUT2D eigenvalue weighted by Gasteiger charge is -2.00. The number of hydrogen-bond donors (Lipinski definition) is 0. The molecule has 0 saturated heterocycles. The quantitative estimate of drug-likeness (QED) is 0.544. The maximum Gasteiger partial charge on any atom is 0.311 e. The Kier molecular flexibility index (Phi) is 4.14. The number of esters is 1. The summed E-state index contributed by atoms with van der Waals surface area (Å²) in [5, 5.41) is 8.55. The van der Waals surface area contributed by atoms with Gasteiger partial charge in [0.15, 0.2) is 5.82 Å². The van der Waals surface area contributed by atoms with Crippen LogP contribution in [0.5, 0.6) is 0 Å². The van der Waals surface area contributed by atoms with Crippen molar-refractivity contribution in [3.05, 3.63) is 59.9 Å². The number of aromatic nitrogens is 2. The SMILES string of the molecule is COC(=O)Cc1nc2ccc(C)cn2c1N=Nc1ccccc1. The van der Waals surface area contributed by atoms with Gasteiger partial charge < -0.3 is 4.74 Å². The molecule has 2 aromatic heterocycles. The minimum absolute atomic E-state index is 0.0559. The van der Waals surface area contributed by atoms with Gasteiger partial charge >= 0.3 is 5.97 Å². The topological polar surface area (TPSA) is 68.3 Å². The van der Waals surface area contributed by atoms with Crippen LogP contribution in [0, 0.1) is 6.92 Å². The molecule has 3 rings (SSSR count). The lowest BCUT2D eigenvalue weighted by Crippen LogP contribution is -2.04. The third-order valence-electron chi connectivity index (χ3n) is 3.37. The largest absolute Gasteiger partial charge is 0.469 e. The highest BCUT2D eigenvalue weighted by molar-refractivity contribution is 5.74. The minimum atomic E-state index is -0.360. The van der Waals surface area contributed by atoms with Crippen molar-refractivity contribution in [1.82, 2.24) is 9.38 Å². The number of imidazole rings is 1. The van der Waals surface area contributed by atoms with Crippen molar-refractivity contribution in [3.8, 4) is 0 Å². The molecular formula is C17H16N4O2. The van der Waals surface area contributed by atoms with E-state index >= 15 is 0 Å². The van der Waals surface area contributed by atoms with Gasteiger partial charge in [-0.15, -0.1) is 10.2 Å². The third kappa shape index (κ3) is 3.26. The average Bonchev–Trinajstić information content (AvgIpc) is 2.90. The number of nitrogens with zero attached hydrogens (tertiary/aromatic N) is 4. The fourth-order valence-corrected chi connectivity index (χ4v) is 2.22. The highest BCUT2D eigenvalue weighted by Gasteiger charge is 2.15. The summed E-state index contributed by atoms with van der Waals surface area (Å²) in [6.45, 7) is 1.98. The van der Waals surface area contributed by atoms with Gasteiger partial charge in [0, 0.05) is 6.20 Å². The van der Waals surface area contributed by atoms with Gasteiger partial charge in [-0.25, -0.2) is 4.98 Å². The second-order valence-electron chi connectivity index (χ2n) is 5.11. The molecule has 0 fully saturated rings. The molecule has 0 saturated carbocycles. The summed E-state index contributed by atoms with van der Waals surface area (Å²) in [6, 6.07) is 13.3. The lowest BCUT2D eigenvalue weighted by atomic mass is 10.3. The molecule has 0 atom stereocenters. The maximum absolute atomic E-state index is 11.6. The highest BCUT2D eigenvalue weighted by atomic mass is 16.5. The zero-order valence-corrected chi connectivity index (χ0v) is 12.9. The van der Waals surface area contributed by atoms with Crippen LogP contribution in [0.25, 0.3) is 5.65 Å². The lowest BCUT2D eigenvalue weighted by molar-refractivity contribution is -0.139. The molecule has 23 heavy (non-hydrogen) atoms. The number of rotatable bonds is 4. The molecule has 0 spiro atoms. The van der Waals surface area contributed by atoms with Crippen molar-refractivity contribution in [3.63, 3.8) is 0 Å². The molecule has 6 nitrogen and oxygen atoms in total. The van der Waals surface area contributed by atoms with Gasteiger partial charge in [-0.1, -0.05) is 24.3 Å². The summed E-state index contributed by atoms with van der Waals surface area (Å²) in [4.78, 5) is 16.1. The number of fused-ring (bicyclic) bond motifs is 1. The van der Waals surface area contributed by atoms with Gasteiger partial charge in [0.05, 0.1) is 24.9 Å². The number of carbonyl (C=O) groups is 1. The fraction of sp³-hybridized carbons (Fsp3) is 0.176. The molecule has 0 amide bonds. The van der Waals surface area contributed by atoms with Gasteiger partial charge in [-0.3, -0.25) is 9.20 Å². The van der Waals surface area contributed by atoms with Gasteiger partial charge in [-0.2, -0.15) is 0 Å². The summed E-state index contributed by atoms with van der Waals surface area (Å²) in [7, 11) is 1.35. The Morgan fingerprint density at radius 1 is 1.17 bits per heavy atom. The normalized spacial score (nSPS) is 11.2. The van der Waals surface area contributed by atoms with E-state index in [4.69, 9.17) is 4.74 Å². The Morgan fingerprint density at radius 2 is 1.96 bits per heavy atom. The summed E-state index contributed by atoms with van der Waals surface area (Å²) >= 11 is 0. The number of methoxy groups -OCH3 is 1. The minimum Gasteiger partial charge on any atom is -0.469 e. The Labute approximate surface area is 133 Å². The molecule has 0 radical (unpaired) electrons. The van der Waals surface area contributed by atoms with Crippen LogP contribution in [0.4, 0.5) is 11.5 Å². The molecule has 1 aromatic carbocycles. The van der Waals surface area contributed by atoms with E-state index in [1.807, 2.05) is 60.0 Å². The smallest absolute Gasteiger partial charge is 0.311 e. The molecule has 0 aliphatic carbocycles. The number of aryl methyl sites for hydroxylation is 1. The second kappa shape index (κ2) is 6.39. The van der Waals surface area contributed by atoms with Crippen LogP contribution in [0.15, 0.2) is 58.9 Å². The number of ether oxygens (including phenoxy) is 1. The first-order valence-electron chi connectivity index (χ1n) is 7.18. The Morgan fingerprint density at radius 3 is 2.70 bits per heavy atom. The van der Waals surface area contributed by atoms with E-state index in [2.05, 4.69) is 15.2 Å². The van der Waals surface area contributed by atoms with Crippen molar-refractivity contribution in [1.29, 1.82) is 0 Å². The average molecular weight is 308 g/mol. The Bertz CT molecular complexity index is 869. The van der Waals surface area contributed by atoms with E-state index in [0.29, 0.717) is 11.5 Å². The highest BCUT2D eigenvalue weighted by Crippen LogP contribution is 2.25. The number of carbonyl (C=O) groups excluding carboxylic acids is 1. The molecule has 3 aromatic rings. The predicted octanol–water partition coefficient (Wildman–Crippen LogP) is 3.77. The first-order valence-corrected chi connectivity index (χ1v) is 7.18. The van der Waals surface area contributed by atoms with Crippen molar-refractivity contribution in [2.75, 3.05) is 7.11 Å². The van der Waals surface area contributed by atoms with Crippen LogP contribution in [0.3, 0.4) is 0 Å². The summed E-state index contributed by atoms with van der Waals surface area (Å²) in [5.74, 6) is 0.180. The van der Waals surface area contributed by atoms with Crippen LogP contribution < -0.4 is 0 Å². The van der Waals surface area contributed by atoms with E-state index in [9.17, 15) is 4.79 Å². The van der Waals surface area contributed by atoms with Crippen molar-refractivity contribution in [2.45, 2.75) is 13.3 Å². The Balaban J connectivity index is 2.07. The van der Waals surface area contributed by atoms with E-state index in [-0.39, 0.29) is 12.4 Å². The molecule has 0 aliphatic rings. The van der Waals surface area contributed by atoms with Crippen molar-refractivity contribution < 1.29 is 9.53 Å². The van der Waals surface area contributed by atoms with E-state index in [1.165, 1.54) is 7.11 Å². The number of benzene rings is 1. The van der Waals surface area contributed by atoms with E-state index in [0.717, 1.165) is 16.9 Å². The second-order valence-corrected chi connectivity index (χ2v) is 5.11. The monoisotopic (exact) mass is 308 g/mol. The zero-order chi connectivity index (χ0) is 16.2. The zero-order valence-electron chi connectivity index (χ0n) is 12.9. The van der Waals surface area contributed by atoms with Crippen molar-refractivity contribution in [2.24, 2.45) is 10.2 Å².